The molecule has 0 saturated carbocycles. The topological polar surface area (TPSA) is 9.23 Å². The Morgan fingerprint density at radius 1 is 0.895 bits per heavy atom. The van der Waals surface area contributed by atoms with E-state index in [9.17, 15) is 4.39 Å². The Morgan fingerprint density at radius 3 is 2.16 bits per heavy atom. The molecule has 0 aliphatic rings. The zero-order valence-electron chi connectivity index (χ0n) is 12.2. The quantitative estimate of drug-likeness (QED) is 0.464. The van der Waals surface area contributed by atoms with E-state index in [1.165, 1.54) is 63.5 Å². The van der Waals surface area contributed by atoms with Crippen LogP contribution in [0.2, 0.25) is 0 Å². The van der Waals surface area contributed by atoms with Gasteiger partial charge >= 0.3 is 0 Å². The molecule has 0 fully saturated rings. The van der Waals surface area contributed by atoms with E-state index in [0.29, 0.717) is 12.4 Å². The molecule has 108 valence electrons. The largest absolute Gasteiger partial charge is 0.493 e. The second kappa shape index (κ2) is 10.8. The molecular weight excluding hydrogens is 239 g/mol. The lowest BCUT2D eigenvalue weighted by molar-refractivity contribution is 0.303. The number of unbranched alkanes of at least 4 members (excludes halogenated alkanes) is 8. The van der Waals surface area contributed by atoms with E-state index in [1.807, 2.05) is 0 Å². The molecule has 0 aromatic heterocycles. The van der Waals surface area contributed by atoms with E-state index in [0.717, 1.165) is 6.42 Å². The van der Waals surface area contributed by atoms with Gasteiger partial charge in [0.2, 0.25) is 0 Å². The van der Waals surface area contributed by atoms with Gasteiger partial charge in [-0.2, -0.15) is 0 Å². The molecule has 1 aromatic rings. The van der Waals surface area contributed by atoms with Gasteiger partial charge < -0.3 is 4.74 Å². The first-order valence-corrected chi connectivity index (χ1v) is 7.71. The van der Waals surface area contributed by atoms with Crippen LogP contribution >= 0.6 is 0 Å². The van der Waals surface area contributed by atoms with Gasteiger partial charge in [0.05, 0.1) is 6.61 Å². The molecule has 0 spiro atoms. The predicted molar refractivity (Wildman–Crippen MR) is 79.1 cm³/mol. The number of benzene rings is 1. The molecule has 0 atom stereocenters. The minimum absolute atomic E-state index is 0.232. The van der Waals surface area contributed by atoms with E-state index in [4.69, 9.17) is 4.74 Å². The molecule has 0 N–H and O–H groups in total. The van der Waals surface area contributed by atoms with Crippen LogP contribution in [0.25, 0.3) is 0 Å². The lowest BCUT2D eigenvalue weighted by atomic mass is 10.1. The Hall–Kier alpha value is -1.05. The summed E-state index contributed by atoms with van der Waals surface area (Å²) in [7, 11) is 0. The summed E-state index contributed by atoms with van der Waals surface area (Å²) < 4.78 is 18.4. The number of ether oxygens (including phenoxy) is 1. The molecule has 19 heavy (non-hydrogen) atoms. The minimum atomic E-state index is -0.232. The predicted octanol–water partition coefficient (Wildman–Crippen LogP) is 5.74. The Bertz CT molecular complexity index is 325. The summed E-state index contributed by atoms with van der Waals surface area (Å²) in [6.07, 6.45) is 11.7. The van der Waals surface area contributed by atoms with Gasteiger partial charge in [0.1, 0.15) is 11.6 Å². The molecule has 1 aromatic carbocycles. The van der Waals surface area contributed by atoms with Crippen LogP contribution in [0.5, 0.6) is 5.75 Å². The van der Waals surface area contributed by atoms with Gasteiger partial charge in [-0.3, -0.25) is 0 Å². The van der Waals surface area contributed by atoms with Crippen molar-refractivity contribution in [3.05, 3.63) is 30.1 Å². The Morgan fingerprint density at radius 2 is 1.53 bits per heavy atom. The third-order valence-corrected chi connectivity index (χ3v) is 3.31. The van der Waals surface area contributed by atoms with E-state index in [1.54, 1.807) is 12.1 Å². The normalized spacial score (nSPS) is 10.6. The van der Waals surface area contributed by atoms with Gasteiger partial charge in [0.15, 0.2) is 0 Å². The summed E-state index contributed by atoms with van der Waals surface area (Å²) in [5.41, 5.74) is 0. The highest BCUT2D eigenvalue weighted by Gasteiger charge is 1.96. The first-order chi connectivity index (χ1) is 9.33. The minimum Gasteiger partial charge on any atom is -0.493 e. The lowest BCUT2D eigenvalue weighted by Crippen LogP contribution is -1.97. The molecule has 0 bridgehead atoms. The monoisotopic (exact) mass is 266 g/mol. The van der Waals surface area contributed by atoms with Crippen molar-refractivity contribution < 1.29 is 9.13 Å². The van der Waals surface area contributed by atoms with Crippen molar-refractivity contribution in [2.75, 3.05) is 6.61 Å². The molecule has 0 heterocycles. The molecule has 0 radical (unpaired) electrons. The maximum atomic E-state index is 12.9. The zero-order chi connectivity index (χ0) is 13.8. The summed E-state index contributed by atoms with van der Waals surface area (Å²) in [5.74, 6) is 0.407. The molecule has 0 aliphatic heterocycles. The third-order valence-electron chi connectivity index (χ3n) is 3.31. The van der Waals surface area contributed by atoms with Crippen LogP contribution in [0.15, 0.2) is 24.3 Å². The summed E-state index contributed by atoms with van der Waals surface area (Å²) in [6.45, 7) is 2.94. The highest BCUT2D eigenvalue weighted by Crippen LogP contribution is 2.13. The zero-order valence-corrected chi connectivity index (χ0v) is 12.2. The van der Waals surface area contributed by atoms with Gasteiger partial charge in [0.25, 0.3) is 0 Å². The fourth-order valence-corrected chi connectivity index (χ4v) is 2.16. The molecule has 1 nitrogen and oxygen atoms in total. The SMILES string of the molecule is CCCCCCCCCCCOc1cccc(F)c1. The van der Waals surface area contributed by atoms with Crippen molar-refractivity contribution in [2.45, 2.75) is 64.7 Å². The van der Waals surface area contributed by atoms with E-state index in [-0.39, 0.29) is 5.82 Å². The maximum absolute atomic E-state index is 12.9. The standard InChI is InChI=1S/C17H27FO/c1-2-3-4-5-6-7-8-9-10-14-19-17-13-11-12-16(18)15-17/h11-13,15H,2-10,14H2,1H3. The maximum Gasteiger partial charge on any atom is 0.126 e. The van der Waals surface area contributed by atoms with E-state index < -0.39 is 0 Å². The molecule has 1 rings (SSSR count). The average molecular weight is 266 g/mol. The second-order valence-corrected chi connectivity index (χ2v) is 5.13. The Kier molecular flexibility index (Phi) is 9.13. The van der Waals surface area contributed by atoms with Gasteiger partial charge in [-0.15, -0.1) is 0 Å². The van der Waals surface area contributed by atoms with Crippen molar-refractivity contribution in [2.24, 2.45) is 0 Å². The van der Waals surface area contributed by atoms with E-state index in [2.05, 4.69) is 6.92 Å². The average Bonchev–Trinajstić information content (AvgIpc) is 2.41. The fourth-order valence-electron chi connectivity index (χ4n) is 2.16. The second-order valence-electron chi connectivity index (χ2n) is 5.13. The smallest absolute Gasteiger partial charge is 0.126 e. The van der Waals surface area contributed by atoms with Crippen LogP contribution in [0, 0.1) is 5.82 Å². The molecule has 0 saturated heterocycles. The van der Waals surface area contributed by atoms with Crippen LogP contribution in [-0.2, 0) is 0 Å². The van der Waals surface area contributed by atoms with E-state index >= 15 is 0 Å². The molecule has 2 heteroatoms. The van der Waals surface area contributed by atoms with Gasteiger partial charge in [-0.25, -0.2) is 4.39 Å². The molecule has 0 amide bonds. The number of halogens is 1. The van der Waals surface area contributed by atoms with Gasteiger partial charge in [-0.05, 0) is 18.6 Å². The van der Waals surface area contributed by atoms with Crippen LogP contribution in [0.3, 0.4) is 0 Å². The summed E-state index contributed by atoms with van der Waals surface area (Å²) in [5, 5.41) is 0. The lowest BCUT2D eigenvalue weighted by Gasteiger charge is -2.06. The first kappa shape index (κ1) is 16.0. The summed E-state index contributed by atoms with van der Waals surface area (Å²) in [6, 6.07) is 6.36. The van der Waals surface area contributed by atoms with Crippen molar-refractivity contribution >= 4 is 0 Å². The van der Waals surface area contributed by atoms with Crippen LogP contribution in [0.1, 0.15) is 64.7 Å². The Balaban J connectivity index is 1.89. The third kappa shape index (κ3) is 8.63. The van der Waals surface area contributed by atoms with Crippen molar-refractivity contribution in [3.63, 3.8) is 0 Å². The first-order valence-electron chi connectivity index (χ1n) is 7.71. The van der Waals surface area contributed by atoms with Crippen molar-refractivity contribution in [1.29, 1.82) is 0 Å². The summed E-state index contributed by atoms with van der Waals surface area (Å²) >= 11 is 0. The fraction of sp³-hybridized carbons (Fsp3) is 0.647. The Labute approximate surface area is 117 Å². The highest BCUT2D eigenvalue weighted by atomic mass is 19.1. The number of hydrogen-bond acceptors (Lipinski definition) is 1. The molecule has 0 unspecified atom stereocenters. The van der Waals surface area contributed by atoms with Crippen molar-refractivity contribution in [3.8, 4) is 5.75 Å². The highest BCUT2D eigenvalue weighted by molar-refractivity contribution is 5.22. The number of hydrogen-bond donors (Lipinski definition) is 0. The number of rotatable bonds is 11. The van der Waals surface area contributed by atoms with Crippen molar-refractivity contribution in [1.82, 2.24) is 0 Å². The molecule has 0 aliphatic carbocycles. The molecular formula is C17H27FO. The van der Waals surface area contributed by atoms with Gasteiger partial charge in [0, 0.05) is 6.07 Å². The van der Waals surface area contributed by atoms with Crippen LogP contribution < -0.4 is 4.74 Å². The van der Waals surface area contributed by atoms with Crippen LogP contribution in [-0.4, -0.2) is 6.61 Å². The van der Waals surface area contributed by atoms with Gasteiger partial charge in [-0.1, -0.05) is 64.4 Å². The van der Waals surface area contributed by atoms with Crippen LogP contribution in [0.4, 0.5) is 4.39 Å². The summed E-state index contributed by atoms with van der Waals surface area (Å²) in [4.78, 5) is 0.